The standard InChI is InChI=1S/C13H26N2/c1-3-13(4-2)6-8-15(11-13)7-5-12-9-14-10-12/h12,14H,3-11H2,1-2H3. The molecule has 0 aliphatic carbocycles. The van der Waals surface area contributed by atoms with E-state index in [1.54, 1.807) is 0 Å². The number of hydrogen-bond donors (Lipinski definition) is 1. The van der Waals surface area contributed by atoms with Crippen LogP contribution in [0.5, 0.6) is 0 Å². The Balaban J connectivity index is 1.71. The minimum absolute atomic E-state index is 0.665. The highest BCUT2D eigenvalue weighted by atomic mass is 15.2. The molecule has 1 N–H and O–H groups in total. The fourth-order valence-corrected chi connectivity index (χ4v) is 2.96. The first-order chi connectivity index (χ1) is 7.28. The first-order valence-corrected chi connectivity index (χ1v) is 6.71. The molecule has 0 aromatic heterocycles. The Hall–Kier alpha value is -0.0800. The molecule has 0 unspecified atom stereocenters. The summed E-state index contributed by atoms with van der Waals surface area (Å²) in [6.07, 6.45) is 5.58. The van der Waals surface area contributed by atoms with Crippen LogP contribution >= 0.6 is 0 Å². The van der Waals surface area contributed by atoms with Crippen molar-refractivity contribution in [1.82, 2.24) is 10.2 Å². The van der Waals surface area contributed by atoms with E-state index in [-0.39, 0.29) is 0 Å². The Bertz CT molecular complexity index is 195. The van der Waals surface area contributed by atoms with E-state index >= 15 is 0 Å². The Labute approximate surface area is 94.4 Å². The molecule has 2 nitrogen and oxygen atoms in total. The monoisotopic (exact) mass is 210 g/mol. The molecule has 0 atom stereocenters. The lowest BCUT2D eigenvalue weighted by Crippen LogP contribution is -2.43. The average Bonchev–Trinajstić information content (AvgIpc) is 2.60. The molecule has 88 valence electrons. The van der Waals surface area contributed by atoms with E-state index in [0.29, 0.717) is 5.41 Å². The summed E-state index contributed by atoms with van der Waals surface area (Å²) in [5.41, 5.74) is 0.665. The molecule has 2 aliphatic rings. The Morgan fingerprint density at radius 1 is 1.27 bits per heavy atom. The maximum absolute atomic E-state index is 3.36. The molecular formula is C13H26N2. The van der Waals surface area contributed by atoms with Crippen molar-refractivity contribution in [2.24, 2.45) is 11.3 Å². The molecule has 15 heavy (non-hydrogen) atoms. The van der Waals surface area contributed by atoms with Crippen LogP contribution < -0.4 is 5.32 Å². The number of hydrogen-bond acceptors (Lipinski definition) is 2. The molecule has 2 aliphatic heterocycles. The first kappa shape index (κ1) is 11.4. The van der Waals surface area contributed by atoms with Crippen LogP contribution in [0.1, 0.15) is 39.5 Å². The molecular weight excluding hydrogens is 184 g/mol. The third-order valence-electron chi connectivity index (χ3n) is 4.74. The van der Waals surface area contributed by atoms with Gasteiger partial charge in [0.25, 0.3) is 0 Å². The summed E-state index contributed by atoms with van der Waals surface area (Å²) in [6, 6.07) is 0. The van der Waals surface area contributed by atoms with Crippen LogP contribution in [0, 0.1) is 11.3 Å². The van der Waals surface area contributed by atoms with Crippen molar-refractivity contribution in [3.63, 3.8) is 0 Å². The van der Waals surface area contributed by atoms with Gasteiger partial charge in [0.1, 0.15) is 0 Å². The van der Waals surface area contributed by atoms with Crippen molar-refractivity contribution in [2.75, 3.05) is 32.7 Å². The first-order valence-electron chi connectivity index (χ1n) is 6.71. The van der Waals surface area contributed by atoms with Gasteiger partial charge in [-0.3, -0.25) is 0 Å². The van der Waals surface area contributed by atoms with Gasteiger partial charge in [-0.2, -0.15) is 0 Å². The zero-order valence-electron chi connectivity index (χ0n) is 10.4. The van der Waals surface area contributed by atoms with Crippen molar-refractivity contribution >= 4 is 0 Å². The second-order valence-electron chi connectivity index (χ2n) is 5.55. The van der Waals surface area contributed by atoms with Gasteiger partial charge in [0.15, 0.2) is 0 Å². The number of rotatable bonds is 5. The van der Waals surface area contributed by atoms with Gasteiger partial charge in [0.2, 0.25) is 0 Å². The maximum Gasteiger partial charge on any atom is 0.00382 e. The van der Waals surface area contributed by atoms with Gasteiger partial charge < -0.3 is 10.2 Å². The molecule has 0 aromatic carbocycles. The molecule has 0 saturated carbocycles. The molecule has 0 aromatic rings. The normalized spacial score (nSPS) is 26.8. The third-order valence-corrected chi connectivity index (χ3v) is 4.74. The minimum atomic E-state index is 0.665. The maximum atomic E-state index is 3.36. The van der Waals surface area contributed by atoms with Crippen molar-refractivity contribution in [1.29, 1.82) is 0 Å². The summed E-state index contributed by atoms with van der Waals surface area (Å²) < 4.78 is 0. The minimum Gasteiger partial charge on any atom is -0.316 e. The highest BCUT2D eigenvalue weighted by Crippen LogP contribution is 2.37. The van der Waals surface area contributed by atoms with Gasteiger partial charge in [-0.05, 0) is 63.2 Å². The van der Waals surface area contributed by atoms with Gasteiger partial charge in [-0.1, -0.05) is 13.8 Å². The molecule has 2 saturated heterocycles. The summed E-state index contributed by atoms with van der Waals surface area (Å²) >= 11 is 0. The van der Waals surface area contributed by atoms with Gasteiger partial charge in [0.05, 0.1) is 0 Å². The lowest BCUT2D eigenvalue weighted by molar-refractivity contribution is 0.216. The van der Waals surface area contributed by atoms with E-state index in [1.165, 1.54) is 58.4 Å². The van der Waals surface area contributed by atoms with E-state index < -0.39 is 0 Å². The molecule has 2 heterocycles. The molecule has 2 rings (SSSR count). The second-order valence-corrected chi connectivity index (χ2v) is 5.55. The zero-order valence-corrected chi connectivity index (χ0v) is 10.4. The topological polar surface area (TPSA) is 15.3 Å². The zero-order chi connectivity index (χ0) is 10.7. The van der Waals surface area contributed by atoms with Crippen molar-refractivity contribution < 1.29 is 0 Å². The number of nitrogens with zero attached hydrogens (tertiary/aromatic N) is 1. The third kappa shape index (κ3) is 2.54. The largest absolute Gasteiger partial charge is 0.316 e. The summed E-state index contributed by atoms with van der Waals surface area (Å²) in [7, 11) is 0. The van der Waals surface area contributed by atoms with Crippen molar-refractivity contribution in [3.8, 4) is 0 Å². The predicted octanol–water partition coefficient (Wildman–Crippen LogP) is 2.11. The SMILES string of the molecule is CCC1(CC)CCN(CCC2CNC2)C1. The van der Waals surface area contributed by atoms with E-state index in [0.717, 1.165) is 5.92 Å². The van der Waals surface area contributed by atoms with Gasteiger partial charge in [-0.25, -0.2) is 0 Å². The van der Waals surface area contributed by atoms with Crippen LogP contribution in [0.4, 0.5) is 0 Å². The predicted molar refractivity (Wildman–Crippen MR) is 65.0 cm³/mol. The summed E-state index contributed by atoms with van der Waals surface area (Å²) in [5, 5.41) is 3.36. The fourth-order valence-electron chi connectivity index (χ4n) is 2.96. The van der Waals surface area contributed by atoms with Crippen LogP contribution in [-0.4, -0.2) is 37.6 Å². The Morgan fingerprint density at radius 3 is 2.47 bits per heavy atom. The van der Waals surface area contributed by atoms with Gasteiger partial charge in [-0.15, -0.1) is 0 Å². The molecule has 0 amide bonds. The van der Waals surface area contributed by atoms with E-state index in [9.17, 15) is 0 Å². The van der Waals surface area contributed by atoms with Crippen LogP contribution in [0.25, 0.3) is 0 Å². The average molecular weight is 210 g/mol. The van der Waals surface area contributed by atoms with Crippen LogP contribution in [0.2, 0.25) is 0 Å². The number of nitrogens with one attached hydrogen (secondary N) is 1. The lowest BCUT2D eigenvalue weighted by atomic mass is 9.82. The van der Waals surface area contributed by atoms with E-state index in [4.69, 9.17) is 0 Å². The van der Waals surface area contributed by atoms with E-state index in [1.807, 2.05) is 0 Å². The summed E-state index contributed by atoms with van der Waals surface area (Å²) in [5.74, 6) is 0.975. The van der Waals surface area contributed by atoms with E-state index in [2.05, 4.69) is 24.1 Å². The van der Waals surface area contributed by atoms with Crippen LogP contribution in [-0.2, 0) is 0 Å². The van der Waals surface area contributed by atoms with Gasteiger partial charge in [0, 0.05) is 6.54 Å². The molecule has 2 heteroatoms. The smallest absolute Gasteiger partial charge is 0.00382 e. The Morgan fingerprint density at radius 2 is 2.00 bits per heavy atom. The Kier molecular flexibility index (Phi) is 3.68. The molecule has 0 bridgehead atoms. The summed E-state index contributed by atoms with van der Waals surface area (Å²) in [4.78, 5) is 2.70. The summed E-state index contributed by atoms with van der Waals surface area (Å²) in [6.45, 7) is 11.3. The fraction of sp³-hybridized carbons (Fsp3) is 1.00. The van der Waals surface area contributed by atoms with Crippen LogP contribution in [0.15, 0.2) is 0 Å². The second kappa shape index (κ2) is 4.84. The molecule has 0 radical (unpaired) electrons. The highest BCUT2D eigenvalue weighted by molar-refractivity contribution is 4.88. The van der Waals surface area contributed by atoms with Crippen molar-refractivity contribution in [2.45, 2.75) is 39.5 Å². The highest BCUT2D eigenvalue weighted by Gasteiger charge is 2.34. The van der Waals surface area contributed by atoms with Gasteiger partial charge >= 0.3 is 0 Å². The van der Waals surface area contributed by atoms with Crippen LogP contribution in [0.3, 0.4) is 0 Å². The number of likely N-dealkylation sites (tertiary alicyclic amines) is 1. The van der Waals surface area contributed by atoms with Crippen molar-refractivity contribution in [3.05, 3.63) is 0 Å². The molecule has 2 fully saturated rings. The quantitative estimate of drug-likeness (QED) is 0.747. The lowest BCUT2D eigenvalue weighted by Gasteiger charge is -2.30. The molecule has 0 spiro atoms.